The summed E-state index contributed by atoms with van der Waals surface area (Å²) in [6.45, 7) is 2.58. The summed E-state index contributed by atoms with van der Waals surface area (Å²) in [4.78, 5) is 26.0. The predicted octanol–water partition coefficient (Wildman–Crippen LogP) is 4.63. The SMILES string of the molecule is Cc1cc(C(=O)Nc2cccc3cccnc23)nc(NCCCc2ccccc2)n1. The number of nitrogens with one attached hydrogen (secondary N) is 2. The number of hydrogen-bond donors (Lipinski definition) is 2. The number of aryl methyl sites for hydroxylation is 2. The highest BCUT2D eigenvalue weighted by Crippen LogP contribution is 2.21. The number of fused-ring (bicyclic) bond motifs is 1. The normalized spacial score (nSPS) is 10.7. The van der Waals surface area contributed by atoms with Gasteiger partial charge in [0.15, 0.2) is 0 Å². The fourth-order valence-electron chi connectivity index (χ4n) is 3.29. The lowest BCUT2D eigenvalue weighted by Crippen LogP contribution is -2.17. The highest BCUT2D eigenvalue weighted by atomic mass is 16.1. The number of carbonyl (C=O) groups excluding carboxylic acids is 1. The largest absolute Gasteiger partial charge is 0.354 e. The van der Waals surface area contributed by atoms with Crippen LogP contribution in [0.1, 0.15) is 28.2 Å². The molecule has 1 amide bonds. The number of benzene rings is 2. The Bertz CT molecular complexity index is 1160. The van der Waals surface area contributed by atoms with Gasteiger partial charge >= 0.3 is 0 Å². The first-order valence-corrected chi connectivity index (χ1v) is 9.97. The molecule has 0 bridgehead atoms. The highest BCUT2D eigenvalue weighted by Gasteiger charge is 2.13. The quantitative estimate of drug-likeness (QED) is 0.445. The Morgan fingerprint density at radius 3 is 2.67 bits per heavy atom. The molecule has 0 saturated heterocycles. The molecule has 2 aromatic carbocycles. The van der Waals surface area contributed by atoms with Crippen molar-refractivity contribution in [3.05, 3.63) is 89.9 Å². The van der Waals surface area contributed by atoms with Crippen molar-refractivity contribution in [2.45, 2.75) is 19.8 Å². The van der Waals surface area contributed by atoms with E-state index < -0.39 is 0 Å². The number of nitrogens with zero attached hydrogens (tertiary/aromatic N) is 3. The maximum Gasteiger partial charge on any atom is 0.274 e. The van der Waals surface area contributed by atoms with Crippen molar-refractivity contribution in [2.24, 2.45) is 0 Å². The van der Waals surface area contributed by atoms with Gasteiger partial charge in [-0.3, -0.25) is 9.78 Å². The molecule has 0 unspecified atom stereocenters. The molecule has 0 fully saturated rings. The summed E-state index contributed by atoms with van der Waals surface area (Å²) in [7, 11) is 0. The Kier molecular flexibility index (Phi) is 5.94. The molecule has 2 N–H and O–H groups in total. The summed E-state index contributed by atoms with van der Waals surface area (Å²) >= 11 is 0. The van der Waals surface area contributed by atoms with Gasteiger partial charge in [-0.25, -0.2) is 9.97 Å². The number of hydrogen-bond acceptors (Lipinski definition) is 5. The third-order valence-electron chi connectivity index (χ3n) is 4.74. The molecule has 0 aliphatic carbocycles. The number of carbonyl (C=O) groups is 1. The van der Waals surface area contributed by atoms with Gasteiger partial charge < -0.3 is 10.6 Å². The zero-order valence-corrected chi connectivity index (χ0v) is 16.8. The van der Waals surface area contributed by atoms with Crippen molar-refractivity contribution >= 4 is 28.4 Å². The molecule has 6 heteroatoms. The van der Waals surface area contributed by atoms with E-state index in [1.54, 1.807) is 12.3 Å². The van der Waals surface area contributed by atoms with Crippen LogP contribution in [0.2, 0.25) is 0 Å². The van der Waals surface area contributed by atoms with Crippen molar-refractivity contribution in [1.82, 2.24) is 15.0 Å². The second-order valence-corrected chi connectivity index (χ2v) is 7.07. The van der Waals surface area contributed by atoms with Gasteiger partial charge in [-0.2, -0.15) is 0 Å². The minimum atomic E-state index is -0.286. The van der Waals surface area contributed by atoms with Crippen LogP contribution < -0.4 is 10.6 Å². The second-order valence-electron chi connectivity index (χ2n) is 7.07. The van der Waals surface area contributed by atoms with E-state index in [-0.39, 0.29) is 5.91 Å². The summed E-state index contributed by atoms with van der Waals surface area (Å²) < 4.78 is 0. The molecule has 2 heterocycles. The molecule has 150 valence electrons. The van der Waals surface area contributed by atoms with Crippen molar-refractivity contribution in [3.63, 3.8) is 0 Å². The zero-order chi connectivity index (χ0) is 20.8. The van der Waals surface area contributed by atoms with Gasteiger partial charge in [0.1, 0.15) is 5.69 Å². The van der Waals surface area contributed by atoms with Crippen LogP contribution in [0.25, 0.3) is 10.9 Å². The maximum atomic E-state index is 12.8. The van der Waals surface area contributed by atoms with E-state index in [0.717, 1.165) is 36.0 Å². The molecule has 6 nitrogen and oxygen atoms in total. The Labute approximate surface area is 175 Å². The lowest BCUT2D eigenvalue weighted by atomic mass is 10.1. The average Bonchev–Trinajstić information content (AvgIpc) is 2.77. The van der Waals surface area contributed by atoms with Crippen LogP contribution in [0.15, 0.2) is 72.9 Å². The monoisotopic (exact) mass is 397 g/mol. The van der Waals surface area contributed by atoms with E-state index in [4.69, 9.17) is 0 Å². The van der Waals surface area contributed by atoms with Crippen molar-refractivity contribution < 1.29 is 4.79 Å². The van der Waals surface area contributed by atoms with Crippen LogP contribution in [0.4, 0.5) is 11.6 Å². The fourth-order valence-corrected chi connectivity index (χ4v) is 3.29. The molecule has 0 radical (unpaired) electrons. The van der Waals surface area contributed by atoms with Crippen LogP contribution in [0, 0.1) is 6.92 Å². The summed E-state index contributed by atoms with van der Waals surface area (Å²) in [6.07, 6.45) is 3.63. The summed E-state index contributed by atoms with van der Waals surface area (Å²) in [5, 5.41) is 7.12. The number of para-hydroxylation sites is 1. The second kappa shape index (κ2) is 9.13. The van der Waals surface area contributed by atoms with Crippen molar-refractivity contribution in [3.8, 4) is 0 Å². The van der Waals surface area contributed by atoms with Crippen LogP contribution in [0.3, 0.4) is 0 Å². The Morgan fingerprint density at radius 2 is 1.80 bits per heavy atom. The minimum absolute atomic E-state index is 0.286. The van der Waals surface area contributed by atoms with Crippen molar-refractivity contribution in [2.75, 3.05) is 17.2 Å². The third-order valence-corrected chi connectivity index (χ3v) is 4.74. The first-order chi connectivity index (χ1) is 14.7. The molecule has 0 spiro atoms. The fraction of sp³-hybridized carbons (Fsp3) is 0.167. The van der Waals surface area contributed by atoms with Gasteiger partial charge in [0.05, 0.1) is 11.2 Å². The van der Waals surface area contributed by atoms with E-state index in [0.29, 0.717) is 17.3 Å². The van der Waals surface area contributed by atoms with E-state index in [1.165, 1.54) is 5.56 Å². The summed E-state index contributed by atoms with van der Waals surface area (Å²) in [5.41, 5.74) is 3.76. The van der Waals surface area contributed by atoms with Gasteiger partial charge in [-0.1, -0.05) is 48.5 Å². The topological polar surface area (TPSA) is 79.8 Å². The zero-order valence-electron chi connectivity index (χ0n) is 16.8. The molecule has 4 rings (SSSR count). The molecule has 0 atom stereocenters. The van der Waals surface area contributed by atoms with Crippen LogP contribution in [-0.4, -0.2) is 27.4 Å². The molecule has 0 aliphatic heterocycles. The third kappa shape index (κ3) is 4.78. The van der Waals surface area contributed by atoms with Gasteiger partial charge in [-0.15, -0.1) is 0 Å². The smallest absolute Gasteiger partial charge is 0.274 e. The minimum Gasteiger partial charge on any atom is -0.354 e. The summed E-state index contributed by atoms with van der Waals surface area (Å²) in [5.74, 6) is 0.176. The van der Waals surface area contributed by atoms with Crippen LogP contribution in [0.5, 0.6) is 0 Å². The summed E-state index contributed by atoms with van der Waals surface area (Å²) in [6, 6.07) is 21.6. The average molecular weight is 397 g/mol. The molecule has 4 aromatic rings. The molecular weight excluding hydrogens is 374 g/mol. The van der Waals surface area contributed by atoms with Gasteiger partial charge in [0.2, 0.25) is 5.95 Å². The van der Waals surface area contributed by atoms with E-state index in [2.05, 4.69) is 37.7 Å². The Balaban J connectivity index is 1.42. The highest BCUT2D eigenvalue weighted by molar-refractivity contribution is 6.07. The lowest BCUT2D eigenvalue weighted by molar-refractivity contribution is 0.102. The standard InChI is InChI=1S/C24H23N5O/c1-17-16-21(23(30)28-20-13-5-11-19-12-7-14-25-22(19)20)29-24(27-17)26-15-6-10-18-8-3-2-4-9-18/h2-5,7-9,11-14,16H,6,10,15H2,1H3,(H,28,30)(H,26,27,29). The van der Waals surface area contributed by atoms with Gasteiger partial charge in [0.25, 0.3) is 5.91 Å². The molecular formula is C24H23N5O. The maximum absolute atomic E-state index is 12.8. The molecule has 2 aromatic heterocycles. The number of amides is 1. The van der Waals surface area contributed by atoms with Crippen molar-refractivity contribution in [1.29, 1.82) is 0 Å². The van der Waals surface area contributed by atoms with Crippen LogP contribution in [-0.2, 0) is 6.42 Å². The predicted molar refractivity (Wildman–Crippen MR) is 120 cm³/mol. The number of pyridine rings is 1. The molecule has 0 aliphatic rings. The Morgan fingerprint density at radius 1 is 0.967 bits per heavy atom. The van der Waals surface area contributed by atoms with E-state index in [9.17, 15) is 4.79 Å². The molecule has 0 saturated carbocycles. The number of aromatic nitrogens is 3. The van der Waals surface area contributed by atoms with Gasteiger partial charge in [-0.05, 0) is 43.5 Å². The van der Waals surface area contributed by atoms with Crippen LogP contribution >= 0.6 is 0 Å². The lowest BCUT2D eigenvalue weighted by Gasteiger charge is -2.10. The van der Waals surface area contributed by atoms with E-state index in [1.807, 2.05) is 55.5 Å². The van der Waals surface area contributed by atoms with Gasteiger partial charge in [0, 0.05) is 23.8 Å². The molecule has 30 heavy (non-hydrogen) atoms. The first-order valence-electron chi connectivity index (χ1n) is 9.97. The Hall–Kier alpha value is -3.80. The number of rotatable bonds is 7. The van der Waals surface area contributed by atoms with E-state index >= 15 is 0 Å². The number of anilines is 2. The first kappa shape index (κ1) is 19.5.